The minimum absolute atomic E-state index is 0.143. The van der Waals surface area contributed by atoms with Crippen molar-refractivity contribution in [3.8, 4) is 0 Å². The van der Waals surface area contributed by atoms with Gasteiger partial charge in [-0.05, 0) is 62.2 Å². The van der Waals surface area contributed by atoms with E-state index in [2.05, 4.69) is 4.98 Å². The van der Waals surface area contributed by atoms with Crippen LogP contribution >= 0.6 is 11.6 Å². The van der Waals surface area contributed by atoms with Crippen molar-refractivity contribution >= 4 is 38.4 Å². The third-order valence-corrected chi connectivity index (χ3v) is 7.96. The Morgan fingerprint density at radius 2 is 1.68 bits per heavy atom. The SMILES string of the molecule is Cc1ccc(C)c(S(=O)(=O)N2CCN(C(=O)c3cc4cc(Cl)ccc4nc3C)CC2)c1. The summed E-state index contributed by atoms with van der Waals surface area (Å²) in [5.41, 5.74) is 3.56. The van der Waals surface area contributed by atoms with E-state index in [0.717, 1.165) is 22.0 Å². The van der Waals surface area contributed by atoms with Crippen molar-refractivity contribution in [1.82, 2.24) is 14.2 Å². The number of sulfonamides is 1. The second kappa shape index (κ2) is 8.22. The van der Waals surface area contributed by atoms with Gasteiger partial charge in [0.2, 0.25) is 10.0 Å². The fraction of sp³-hybridized carbons (Fsp3) is 0.304. The van der Waals surface area contributed by atoms with Crippen molar-refractivity contribution < 1.29 is 13.2 Å². The highest BCUT2D eigenvalue weighted by Crippen LogP contribution is 2.25. The number of aryl methyl sites for hydroxylation is 3. The van der Waals surface area contributed by atoms with Gasteiger partial charge in [0.1, 0.15) is 0 Å². The average molecular weight is 458 g/mol. The molecule has 1 amide bonds. The summed E-state index contributed by atoms with van der Waals surface area (Å²) < 4.78 is 27.7. The molecule has 0 radical (unpaired) electrons. The maximum Gasteiger partial charge on any atom is 0.255 e. The third kappa shape index (κ3) is 4.18. The lowest BCUT2D eigenvalue weighted by atomic mass is 10.1. The number of nitrogens with zero attached hydrogens (tertiary/aromatic N) is 3. The zero-order chi connectivity index (χ0) is 22.3. The Balaban J connectivity index is 1.54. The van der Waals surface area contributed by atoms with Crippen LogP contribution in [0.2, 0.25) is 5.02 Å². The molecule has 1 aromatic heterocycles. The monoisotopic (exact) mass is 457 g/mol. The van der Waals surface area contributed by atoms with Crippen molar-refractivity contribution in [3.05, 3.63) is 69.9 Å². The molecule has 1 aliphatic heterocycles. The van der Waals surface area contributed by atoms with Crippen molar-refractivity contribution in [3.63, 3.8) is 0 Å². The summed E-state index contributed by atoms with van der Waals surface area (Å²) in [6, 6.07) is 12.6. The van der Waals surface area contributed by atoms with Gasteiger partial charge in [-0.25, -0.2) is 8.42 Å². The van der Waals surface area contributed by atoms with Gasteiger partial charge >= 0.3 is 0 Å². The van der Waals surface area contributed by atoms with Crippen LogP contribution in [0.3, 0.4) is 0 Å². The molecule has 0 aliphatic carbocycles. The molecule has 3 aromatic rings. The third-order valence-electron chi connectivity index (χ3n) is 5.69. The van der Waals surface area contributed by atoms with Gasteiger partial charge in [0.25, 0.3) is 5.91 Å². The molecule has 1 aliphatic rings. The number of carbonyl (C=O) groups is 1. The molecular weight excluding hydrogens is 434 g/mol. The van der Waals surface area contributed by atoms with E-state index in [0.29, 0.717) is 34.3 Å². The van der Waals surface area contributed by atoms with Gasteiger partial charge in [0.05, 0.1) is 21.7 Å². The van der Waals surface area contributed by atoms with E-state index >= 15 is 0 Å². The van der Waals surface area contributed by atoms with E-state index in [1.807, 2.05) is 38.1 Å². The second-order valence-electron chi connectivity index (χ2n) is 7.92. The molecular formula is C23H24ClN3O3S. The number of rotatable bonds is 3. The Morgan fingerprint density at radius 1 is 0.968 bits per heavy atom. The number of halogens is 1. The molecule has 4 rings (SSSR count). The van der Waals surface area contributed by atoms with Crippen molar-refractivity contribution in [1.29, 1.82) is 0 Å². The largest absolute Gasteiger partial charge is 0.336 e. The molecule has 1 fully saturated rings. The number of hydrogen-bond donors (Lipinski definition) is 0. The number of benzene rings is 2. The first kappa shape index (κ1) is 21.7. The maximum absolute atomic E-state index is 13.2. The van der Waals surface area contributed by atoms with E-state index in [4.69, 9.17) is 11.6 Å². The van der Waals surface area contributed by atoms with Gasteiger partial charge in [-0.2, -0.15) is 4.31 Å². The van der Waals surface area contributed by atoms with Crippen LogP contribution in [-0.2, 0) is 10.0 Å². The van der Waals surface area contributed by atoms with E-state index < -0.39 is 10.0 Å². The summed E-state index contributed by atoms with van der Waals surface area (Å²) in [5, 5.41) is 1.39. The molecule has 1 saturated heterocycles. The lowest BCUT2D eigenvalue weighted by molar-refractivity contribution is 0.0697. The molecule has 0 unspecified atom stereocenters. The van der Waals surface area contributed by atoms with Crippen molar-refractivity contribution in [2.75, 3.05) is 26.2 Å². The molecule has 0 atom stereocenters. The first-order valence-corrected chi connectivity index (χ1v) is 11.9. The number of piperazine rings is 1. The van der Waals surface area contributed by atoms with E-state index in [1.54, 1.807) is 30.0 Å². The topological polar surface area (TPSA) is 70.6 Å². The van der Waals surface area contributed by atoms with Crippen LogP contribution in [0.15, 0.2) is 47.4 Å². The lowest BCUT2D eigenvalue weighted by Gasteiger charge is -2.34. The Kier molecular flexibility index (Phi) is 5.77. The van der Waals surface area contributed by atoms with Crippen LogP contribution in [0.4, 0.5) is 0 Å². The Labute approximate surface area is 187 Å². The normalized spacial score (nSPS) is 15.4. The number of carbonyl (C=O) groups excluding carboxylic acids is 1. The summed E-state index contributed by atoms with van der Waals surface area (Å²) in [4.78, 5) is 19.7. The number of aromatic nitrogens is 1. The number of pyridine rings is 1. The summed E-state index contributed by atoms with van der Waals surface area (Å²) in [6.45, 7) is 6.66. The minimum Gasteiger partial charge on any atom is -0.336 e. The summed E-state index contributed by atoms with van der Waals surface area (Å²) in [5.74, 6) is -0.143. The summed E-state index contributed by atoms with van der Waals surface area (Å²) in [7, 11) is -3.60. The second-order valence-corrected chi connectivity index (χ2v) is 10.3. The van der Waals surface area contributed by atoms with Gasteiger partial charge in [-0.3, -0.25) is 9.78 Å². The molecule has 0 bridgehead atoms. The Hall–Kier alpha value is -2.48. The quantitative estimate of drug-likeness (QED) is 0.596. The van der Waals surface area contributed by atoms with Crippen LogP contribution in [0.5, 0.6) is 0 Å². The van der Waals surface area contributed by atoms with E-state index in [-0.39, 0.29) is 19.0 Å². The molecule has 0 saturated carbocycles. The minimum atomic E-state index is -3.60. The first-order chi connectivity index (χ1) is 14.7. The van der Waals surface area contributed by atoms with Crippen molar-refractivity contribution in [2.45, 2.75) is 25.7 Å². The Bertz CT molecular complexity index is 1280. The summed E-state index contributed by atoms with van der Waals surface area (Å²) in [6.07, 6.45) is 0. The molecule has 6 nitrogen and oxygen atoms in total. The molecule has 31 heavy (non-hydrogen) atoms. The average Bonchev–Trinajstić information content (AvgIpc) is 2.74. The fourth-order valence-corrected chi connectivity index (χ4v) is 5.80. The first-order valence-electron chi connectivity index (χ1n) is 10.1. The number of hydrogen-bond acceptors (Lipinski definition) is 4. The number of fused-ring (bicyclic) bond motifs is 1. The predicted molar refractivity (Wildman–Crippen MR) is 122 cm³/mol. The smallest absolute Gasteiger partial charge is 0.255 e. The van der Waals surface area contributed by atoms with Crippen LogP contribution in [0, 0.1) is 20.8 Å². The maximum atomic E-state index is 13.2. The van der Waals surface area contributed by atoms with E-state index in [9.17, 15) is 13.2 Å². The fourth-order valence-electron chi connectivity index (χ4n) is 3.89. The van der Waals surface area contributed by atoms with Crippen LogP contribution in [0.25, 0.3) is 10.9 Å². The lowest BCUT2D eigenvalue weighted by Crippen LogP contribution is -2.50. The van der Waals surface area contributed by atoms with Crippen LogP contribution < -0.4 is 0 Å². The zero-order valence-corrected chi connectivity index (χ0v) is 19.3. The molecule has 2 heterocycles. The van der Waals surface area contributed by atoms with Crippen LogP contribution in [-0.4, -0.2) is 54.7 Å². The molecule has 0 N–H and O–H groups in total. The highest BCUT2D eigenvalue weighted by molar-refractivity contribution is 7.89. The van der Waals surface area contributed by atoms with Crippen molar-refractivity contribution in [2.24, 2.45) is 0 Å². The van der Waals surface area contributed by atoms with Gasteiger partial charge < -0.3 is 4.90 Å². The molecule has 2 aromatic carbocycles. The molecule has 0 spiro atoms. The zero-order valence-electron chi connectivity index (χ0n) is 17.7. The van der Waals surface area contributed by atoms with Gasteiger partial charge in [-0.15, -0.1) is 0 Å². The number of amides is 1. The molecule has 8 heteroatoms. The van der Waals surface area contributed by atoms with Crippen LogP contribution in [0.1, 0.15) is 27.2 Å². The highest BCUT2D eigenvalue weighted by Gasteiger charge is 2.32. The van der Waals surface area contributed by atoms with E-state index in [1.165, 1.54) is 4.31 Å². The van der Waals surface area contributed by atoms with Gasteiger partial charge in [-0.1, -0.05) is 23.7 Å². The van der Waals surface area contributed by atoms with Gasteiger partial charge in [0, 0.05) is 36.6 Å². The predicted octanol–water partition coefficient (Wildman–Crippen LogP) is 3.96. The highest BCUT2D eigenvalue weighted by atomic mass is 35.5. The summed E-state index contributed by atoms with van der Waals surface area (Å²) >= 11 is 6.08. The molecule has 162 valence electrons. The van der Waals surface area contributed by atoms with Gasteiger partial charge in [0.15, 0.2) is 0 Å². The Morgan fingerprint density at radius 3 is 2.39 bits per heavy atom. The standard InChI is InChI=1S/C23H24ClN3O3S/c1-15-4-5-16(2)22(12-15)31(29,30)27-10-8-26(9-11-27)23(28)20-14-18-13-19(24)6-7-21(18)25-17(20)3/h4-7,12-14H,8-11H2,1-3H3.